The number of anilines is 2. The lowest BCUT2D eigenvalue weighted by atomic mass is 10.2. The normalized spacial score (nSPS) is 17.0. The molecule has 1 aromatic carbocycles. The third-order valence-electron chi connectivity index (χ3n) is 3.49. The van der Waals surface area contributed by atoms with E-state index in [4.69, 9.17) is 9.26 Å². The summed E-state index contributed by atoms with van der Waals surface area (Å²) in [6.07, 6.45) is 1.28. The van der Waals surface area contributed by atoms with E-state index < -0.39 is 0 Å². The molecule has 0 spiro atoms. The van der Waals surface area contributed by atoms with Crippen LogP contribution in [0.4, 0.5) is 11.4 Å². The van der Waals surface area contributed by atoms with Crippen LogP contribution >= 0.6 is 0 Å². The van der Waals surface area contributed by atoms with E-state index in [-0.39, 0.29) is 23.6 Å². The van der Waals surface area contributed by atoms with E-state index in [2.05, 4.69) is 15.8 Å². The minimum absolute atomic E-state index is 0.141. The van der Waals surface area contributed by atoms with Crippen LogP contribution in [0.25, 0.3) is 0 Å². The Bertz CT molecular complexity index is 702. The molecule has 2 amide bonds. The van der Waals surface area contributed by atoms with Gasteiger partial charge in [0.25, 0.3) is 11.8 Å². The van der Waals surface area contributed by atoms with Crippen molar-refractivity contribution in [2.75, 3.05) is 17.2 Å². The van der Waals surface area contributed by atoms with Gasteiger partial charge in [0.1, 0.15) is 11.9 Å². The van der Waals surface area contributed by atoms with Crippen molar-refractivity contribution in [1.82, 2.24) is 5.16 Å². The lowest BCUT2D eigenvalue weighted by Gasteiger charge is -2.11. The fraction of sp³-hybridized carbons (Fsp3) is 0.312. The molecule has 2 heterocycles. The molecule has 2 aromatic rings. The van der Waals surface area contributed by atoms with Crippen molar-refractivity contribution in [2.45, 2.75) is 25.9 Å². The first-order valence-corrected chi connectivity index (χ1v) is 7.39. The molecule has 1 atom stereocenters. The van der Waals surface area contributed by atoms with E-state index in [9.17, 15) is 9.59 Å². The van der Waals surface area contributed by atoms with Crippen LogP contribution < -0.4 is 10.6 Å². The van der Waals surface area contributed by atoms with Crippen molar-refractivity contribution in [3.63, 3.8) is 0 Å². The van der Waals surface area contributed by atoms with Crippen LogP contribution in [0.1, 0.15) is 29.1 Å². The Balaban J connectivity index is 1.58. The van der Waals surface area contributed by atoms with Gasteiger partial charge in [0.2, 0.25) is 0 Å². The van der Waals surface area contributed by atoms with Gasteiger partial charge in [-0.05, 0) is 44.0 Å². The maximum atomic E-state index is 11.9. The number of nitrogens with zero attached hydrogens (tertiary/aromatic N) is 1. The predicted octanol–water partition coefficient (Wildman–Crippen LogP) is 2.35. The molecule has 3 rings (SSSR count). The predicted molar refractivity (Wildman–Crippen MR) is 83.2 cm³/mol. The number of aromatic nitrogens is 1. The molecule has 0 radical (unpaired) electrons. The molecule has 23 heavy (non-hydrogen) atoms. The molecule has 1 aliphatic heterocycles. The summed E-state index contributed by atoms with van der Waals surface area (Å²) in [4.78, 5) is 23.9. The molecule has 0 saturated carbocycles. The average molecular weight is 315 g/mol. The van der Waals surface area contributed by atoms with E-state index in [1.54, 1.807) is 37.3 Å². The number of carbonyl (C=O) groups excluding carboxylic acids is 2. The SMILES string of the molecule is Cc1cc(C(=O)Nc2ccc(NC(=O)C3CCCO3)cc2)no1. The summed E-state index contributed by atoms with van der Waals surface area (Å²) in [5.74, 6) is 0.0812. The molecule has 2 N–H and O–H groups in total. The maximum absolute atomic E-state index is 11.9. The van der Waals surface area contributed by atoms with Crippen molar-refractivity contribution < 1.29 is 18.8 Å². The molecule has 1 fully saturated rings. The number of carbonyl (C=O) groups is 2. The Labute approximate surface area is 133 Å². The van der Waals surface area contributed by atoms with Crippen molar-refractivity contribution in [1.29, 1.82) is 0 Å². The molecule has 1 aliphatic rings. The standard InChI is InChI=1S/C16H17N3O4/c1-10-9-13(19-23-10)15(20)17-11-4-6-12(7-5-11)18-16(21)14-3-2-8-22-14/h4-7,9,14H,2-3,8H2,1H3,(H,17,20)(H,18,21). The molecule has 1 unspecified atom stereocenters. The van der Waals surface area contributed by atoms with Gasteiger partial charge in [-0.25, -0.2) is 0 Å². The summed E-state index contributed by atoms with van der Waals surface area (Å²) in [6.45, 7) is 2.35. The van der Waals surface area contributed by atoms with Gasteiger partial charge in [-0.1, -0.05) is 5.16 Å². The fourth-order valence-corrected chi connectivity index (χ4v) is 2.31. The Hall–Kier alpha value is -2.67. The average Bonchev–Trinajstić information content (AvgIpc) is 3.20. The van der Waals surface area contributed by atoms with Crippen LogP contribution in [0, 0.1) is 6.92 Å². The van der Waals surface area contributed by atoms with E-state index in [0.29, 0.717) is 23.7 Å². The van der Waals surface area contributed by atoms with Crippen molar-refractivity contribution >= 4 is 23.2 Å². The molecular weight excluding hydrogens is 298 g/mol. The summed E-state index contributed by atoms with van der Waals surface area (Å²) >= 11 is 0. The Kier molecular flexibility index (Phi) is 4.38. The zero-order valence-electron chi connectivity index (χ0n) is 12.7. The molecule has 0 bridgehead atoms. The number of amides is 2. The minimum atomic E-state index is -0.371. The van der Waals surface area contributed by atoms with Gasteiger partial charge in [-0.15, -0.1) is 0 Å². The van der Waals surface area contributed by atoms with E-state index in [0.717, 1.165) is 12.8 Å². The van der Waals surface area contributed by atoms with Gasteiger partial charge >= 0.3 is 0 Å². The molecular formula is C16H17N3O4. The summed E-state index contributed by atoms with van der Waals surface area (Å²) in [7, 11) is 0. The second-order valence-corrected chi connectivity index (χ2v) is 5.35. The van der Waals surface area contributed by atoms with Gasteiger partial charge in [-0.3, -0.25) is 9.59 Å². The first-order chi connectivity index (χ1) is 11.1. The highest BCUT2D eigenvalue weighted by Gasteiger charge is 2.23. The first-order valence-electron chi connectivity index (χ1n) is 7.39. The zero-order chi connectivity index (χ0) is 16.2. The van der Waals surface area contributed by atoms with E-state index in [1.165, 1.54) is 0 Å². The van der Waals surface area contributed by atoms with Crippen LogP contribution in [-0.4, -0.2) is 29.7 Å². The van der Waals surface area contributed by atoms with Gasteiger partial charge in [0.15, 0.2) is 5.69 Å². The number of ether oxygens (including phenoxy) is 1. The number of hydrogen-bond acceptors (Lipinski definition) is 5. The molecule has 1 aromatic heterocycles. The van der Waals surface area contributed by atoms with Crippen LogP contribution in [0.3, 0.4) is 0 Å². The second kappa shape index (κ2) is 6.62. The quantitative estimate of drug-likeness (QED) is 0.903. The van der Waals surface area contributed by atoms with Gasteiger partial charge in [0.05, 0.1) is 0 Å². The number of hydrogen-bond donors (Lipinski definition) is 2. The smallest absolute Gasteiger partial charge is 0.277 e. The molecule has 0 aliphatic carbocycles. The topological polar surface area (TPSA) is 93.5 Å². The van der Waals surface area contributed by atoms with Crippen molar-refractivity contribution in [2.24, 2.45) is 0 Å². The second-order valence-electron chi connectivity index (χ2n) is 5.35. The number of nitrogens with one attached hydrogen (secondary N) is 2. The van der Waals surface area contributed by atoms with E-state index >= 15 is 0 Å². The molecule has 7 nitrogen and oxygen atoms in total. The highest BCUT2D eigenvalue weighted by atomic mass is 16.5. The minimum Gasteiger partial charge on any atom is -0.368 e. The number of aryl methyl sites for hydroxylation is 1. The third kappa shape index (κ3) is 3.75. The van der Waals surface area contributed by atoms with E-state index in [1.807, 2.05) is 0 Å². The van der Waals surface area contributed by atoms with Gasteiger partial charge in [0, 0.05) is 24.0 Å². The Morgan fingerprint density at radius 2 is 1.87 bits per heavy atom. The van der Waals surface area contributed by atoms with Crippen molar-refractivity contribution in [3.8, 4) is 0 Å². The van der Waals surface area contributed by atoms with Crippen LogP contribution in [0.15, 0.2) is 34.9 Å². The third-order valence-corrected chi connectivity index (χ3v) is 3.49. The Morgan fingerprint density at radius 1 is 1.17 bits per heavy atom. The molecule has 7 heteroatoms. The monoisotopic (exact) mass is 315 g/mol. The van der Waals surface area contributed by atoms with Crippen molar-refractivity contribution in [3.05, 3.63) is 41.8 Å². The fourth-order valence-electron chi connectivity index (χ4n) is 2.31. The highest BCUT2D eigenvalue weighted by Crippen LogP contribution is 2.18. The lowest BCUT2D eigenvalue weighted by molar-refractivity contribution is -0.124. The van der Waals surface area contributed by atoms with Gasteiger partial charge in [-0.2, -0.15) is 0 Å². The highest BCUT2D eigenvalue weighted by molar-refractivity contribution is 6.03. The maximum Gasteiger partial charge on any atom is 0.277 e. The van der Waals surface area contributed by atoms with Gasteiger partial charge < -0.3 is 19.9 Å². The largest absolute Gasteiger partial charge is 0.368 e. The zero-order valence-corrected chi connectivity index (χ0v) is 12.7. The Morgan fingerprint density at radius 3 is 2.43 bits per heavy atom. The summed E-state index contributed by atoms with van der Waals surface area (Å²) in [5.41, 5.74) is 1.48. The van der Waals surface area contributed by atoms with Crippen LogP contribution in [0.5, 0.6) is 0 Å². The van der Waals surface area contributed by atoms with Crippen LogP contribution in [-0.2, 0) is 9.53 Å². The van der Waals surface area contributed by atoms with Crippen LogP contribution in [0.2, 0.25) is 0 Å². The summed E-state index contributed by atoms with van der Waals surface area (Å²) in [5, 5.41) is 9.16. The first kappa shape index (κ1) is 15.2. The molecule has 120 valence electrons. The summed E-state index contributed by atoms with van der Waals surface area (Å²) < 4.78 is 10.2. The lowest BCUT2D eigenvalue weighted by Crippen LogP contribution is -2.26. The number of benzene rings is 1. The number of rotatable bonds is 4. The molecule has 1 saturated heterocycles. The summed E-state index contributed by atoms with van der Waals surface area (Å²) in [6, 6.07) is 8.41.